The van der Waals surface area contributed by atoms with Gasteiger partial charge in [-0.15, -0.1) is 13.2 Å². The van der Waals surface area contributed by atoms with E-state index < -0.39 is 47.7 Å². The Morgan fingerprint density at radius 2 is 1.88 bits per heavy atom. The molecule has 0 aromatic heterocycles. The van der Waals surface area contributed by atoms with Gasteiger partial charge in [0.15, 0.2) is 0 Å². The summed E-state index contributed by atoms with van der Waals surface area (Å²) in [5.74, 6) is -3.20. The van der Waals surface area contributed by atoms with Crippen LogP contribution < -0.4 is 5.32 Å². The molecule has 52 heavy (non-hydrogen) atoms. The molecule has 13 heteroatoms. The third-order valence-electron chi connectivity index (χ3n) is 10.8. The summed E-state index contributed by atoms with van der Waals surface area (Å²) in [4.78, 5) is 62.3. The van der Waals surface area contributed by atoms with Crippen molar-refractivity contribution in [1.29, 1.82) is 0 Å². The molecule has 4 fully saturated rings. The molecular weight excluding hydrogens is 668 g/mol. The highest BCUT2D eigenvalue weighted by molar-refractivity contribution is 5.98. The number of ether oxygens (including phenoxy) is 4. The largest absolute Gasteiger partial charge is 0.455 e. The number of nitrogens with zero attached hydrogens (tertiary/aromatic N) is 3. The molecule has 4 saturated heterocycles. The second kappa shape index (κ2) is 18.9. The quantitative estimate of drug-likeness (QED) is 0.110. The maximum Gasteiger partial charge on any atom is 0.313 e. The second-order valence-electron chi connectivity index (χ2n) is 14.1. The van der Waals surface area contributed by atoms with Crippen LogP contribution in [0.5, 0.6) is 0 Å². The van der Waals surface area contributed by atoms with Gasteiger partial charge in [-0.3, -0.25) is 24.1 Å². The molecule has 1 spiro atoms. The number of benzene rings is 1. The molecule has 1 aromatic rings. The van der Waals surface area contributed by atoms with Crippen LogP contribution in [0.3, 0.4) is 0 Å². The number of aliphatic hydroxyl groups is 1. The summed E-state index contributed by atoms with van der Waals surface area (Å²) in [6.45, 7) is 12.3. The van der Waals surface area contributed by atoms with Gasteiger partial charge in [-0.25, -0.2) is 0 Å². The number of aliphatic hydroxyl groups excluding tert-OH is 1. The number of esters is 1. The minimum absolute atomic E-state index is 0.0393. The number of carbonyl (C=O) groups excluding carboxylic acids is 4. The van der Waals surface area contributed by atoms with Crippen molar-refractivity contribution < 1.29 is 43.2 Å². The van der Waals surface area contributed by atoms with Crippen LogP contribution in [-0.4, -0.2) is 140 Å². The number of hydrogen-bond acceptors (Lipinski definition) is 10. The number of morpholine rings is 1. The molecule has 5 rings (SSSR count). The molecule has 1 aromatic carbocycles. The SMILES string of the molecule is C=CCCC(=O)N[C@@H](COC)[C@@H](OC(=O)[C@@H]1[C@@H]2CC[C@]3(O2)[C@H](C(=O)N(CC=C)CCN2CCOCC2)N(CCCCCO)C(=O)[C@@H]13)c1ccccc1. The van der Waals surface area contributed by atoms with Crippen LogP contribution in [0.2, 0.25) is 0 Å². The van der Waals surface area contributed by atoms with Crippen molar-refractivity contribution in [2.24, 2.45) is 11.8 Å². The summed E-state index contributed by atoms with van der Waals surface area (Å²) >= 11 is 0. The van der Waals surface area contributed by atoms with E-state index in [1.807, 2.05) is 30.3 Å². The minimum Gasteiger partial charge on any atom is -0.455 e. The Bertz CT molecular complexity index is 1390. The van der Waals surface area contributed by atoms with Crippen molar-refractivity contribution in [1.82, 2.24) is 20.0 Å². The molecule has 4 aliphatic heterocycles. The first-order chi connectivity index (χ1) is 25.3. The van der Waals surface area contributed by atoms with Gasteiger partial charge in [-0.1, -0.05) is 42.5 Å². The van der Waals surface area contributed by atoms with E-state index in [2.05, 4.69) is 23.4 Å². The topological polar surface area (TPSA) is 147 Å². The summed E-state index contributed by atoms with van der Waals surface area (Å²) in [5, 5.41) is 12.4. The van der Waals surface area contributed by atoms with Crippen LogP contribution >= 0.6 is 0 Å². The van der Waals surface area contributed by atoms with Gasteiger partial charge in [-0.2, -0.15) is 0 Å². The van der Waals surface area contributed by atoms with E-state index in [-0.39, 0.29) is 37.4 Å². The predicted octanol–water partition coefficient (Wildman–Crippen LogP) is 2.25. The Morgan fingerprint density at radius 1 is 1.12 bits per heavy atom. The first-order valence-corrected chi connectivity index (χ1v) is 18.7. The normalized spacial score (nSPS) is 26.4. The van der Waals surface area contributed by atoms with Crippen LogP contribution in [0, 0.1) is 11.8 Å². The number of likely N-dealkylation sites (tertiary alicyclic amines) is 1. The van der Waals surface area contributed by atoms with Crippen LogP contribution in [-0.2, 0) is 38.1 Å². The van der Waals surface area contributed by atoms with E-state index in [9.17, 15) is 24.3 Å². The van der Waals surface area contributed by atoms with E-state index in [0.29, 0.717) is 83.5 Å². The number of unbranched alkanes of at least 4 members (excludes halogenated alkanes) is 2. The molecule has 7 atom stereocenters. The molecule has 2 bridgehead atoms. The average molecular weight is 725 g/mol. The zero-order valence-electron chi connectivity index (χ0n) is 30.5. The highest BCUT2D eigenvalue weighted by Crippen LogP contribution is 2.59. The maximum absolute atomic E-state index is 14.7. The standard InChI is InChI=1S/C39H56N4O9/c1-4-6-15-31(45)40-29(27-49-3)34(28-13-9-7-10-14-28)51-38(48)32-30-16-17-39(52-30)33(32)36(46)43(19-11-8-12-24-44)35(39)37(47)42(18-5-2)21-20-41-22-25-50-26-23-41/h4-5,7,9-10,13-14,29-30,32-35,44H,1-2,6,8,11-12,15-27H2,3H3,(H,40,45)/t29-,30-,32+,33+,34-,35-,39+/m0/s1. The highest BCUT2D eigenvalue weighted by atomic mass is 16.6. The Labute approximate surface area is 307 Å². The van der Waals surface area contributed by atoms with Crippen molar-refractivity contribution in [3.63, 3.8) is 0 Å². The number of amides is 3. The molecule has 0 saturated carbocycles. The van der Waals surface area contributed by atoms with Gasteiger partial charge in [0.05, 0.1) is 43.8 Å². The Balaban J connectivity index is 1.43. The van der Waals surface area contributed by atoms with E-state index in [1.54, 1.807) is 22.0 Å². The summed E-state index contributed by atoms with van der Waals surface area (Å²) < 4.78 is 24.0. The van der Waals surface area contributed by atoms with Crippen LogP contribution in [0.4, 0.5) is 0 Å². The van der Waals surface area contributed by atoms with Crippen LogP contribution in [0.1, 0.15) is 56.6 Å². The van der Waals surface area contributed by atoms with Gasteiger partial charge in [0.2, 0.25) is 17.7 Å². The second-order valence-corrected chi connectivity index (χ2v) is 14.1. The van der Waals surface area contributed by atoms with Gasteiger partial charge >= 0.3 is 5.97 Å². The molecule has 13 nitrogen and oxygen atoms in total. The predicted molar refractivity (Wildman–Crippen MR) is 193 cm³/mol. The Kier molecular flexibility index (Phi) is 14.4. The molecule has 3 amide bonds. The Hall–Kier alpha value is -3.62. The van der Waals surface area contributed by atoms with Crippen molar-refractivity contribution in [3.8, 4) is 0 Å². The third-order valence-corrected chi connectivity index (χ3v) is 10.8. The van der Waals surface area contributed by atoms with E-state index >= 15 is 0 Å². The van der Waals surface area contributed by atoms with Crippen molar-refractivity contribution in [3.05, 3.63) is 61.2 Å². The van der Waals surface area contributed by atoms with Gasteiger partial charge in [-0.05, 0) is 44.1 Å². The lowest BCUT2D eigenvalue weighted by molar-refractivity contribution is -0.163. The summed E-state index contributed by atoms with van der Waals surface area (Å²) in [6.07, 6.45) is 5.35. The van der Waals surface area contributed by atoms with E-state index in [4.69, 9.17) is 18.9 Å². The summed E-state index contributed by atoms with van der Waals surface area (Å²) in [6, 6.07) is 7.53. The molecule has 0 aliphatic carbocycles. The summed E-state index contributed by atoms with van der Waals surface area (Å²) in [5.41, 5.74) is -0.525. The molecule has 286 valence electrons. The van der Waals surface area contributed by atoms with Crippen molar-refractivity contribution in [2.45, 2.75) is 74.8 Å². The van der Waals surface area contributed by atoms with Crippen molar-refractivity contribution in [2.75, 3.05) is 72.8 Å². The molecular formula is C39H56N4O9. The Morgan fingerprint density at radius 3 is 2.58 bits per heavy atom. The number of fused-ring (bicyclic) bond motifs is 1. The lowest BCUT2D eigenvalue weighted by Gasteiger charge is -2.37. The molecule has 4 aliphatic rings. The first kappa shape index (κ1) is 39.6. The lowest BCUT2D eigenvalue weighted by atomic mass is 9.70. The summed E-state index contributed by atoms with van der Waals surface area (Å²) in [7, 11) is 1.51. The van der Waals surface area contributed by atoms with Gasteiger partial charge < -0.3 is 39.2 Å². The fourth-order valence-corrected chi connectivity index (χ4v) is 8.34. The number of carbonyl (C=O) groups is 4. The lowest BCUT2D eigenvalue weighted by Crippen LogP contribution is -2.57. The number of rotatable bonds is 21. The zero-order chi connectivity index (χ0) is 37.1. The molecule has 4 heterocycles. The molecule has 0 unspecified atom stereocenters. The number of allylic oxidation sites excluding steroid dienone is 1. The third kappa shape index (κ3) is 8.77. The maximum atomic E-state index is 14.7. The van der Waals surface area contributed by atoms with Crippen LogP contribution in [0.25, 0.3) is 0 Å². The van der Waals surface area contributed by atoms with Gasteiger partial charge in [0.25, 0.3) is 0 Å². The van der Waals surface area contributed by atoms with E-state index in [0.717, 1.165) is 13.1 Å². The van der Waals surface area contributed by atoms with Crippen molar-refractivity contribution >= 4 is 23.7 Å². The first-order valence-electron chi connectivity index (χ1n) is 18.7. The number of nitrogens with one attached hydrogen (secondary N) is 1. The number of hydrogen-bond donors (Lipinski definition) is 2. The molecule has 0 radical (unpaired) electrons. The fraction of sp³-hybridized carbons (Fsp3) is 0.641. The fourth-order valence-electron chi connectivity index (χ4n) is 8.34. The van der Waals surface area contributed by atoms with Crippen LogP contribution in [0.15, 0.2) is 55.6 Å². The van der Waals surface area contributed by atoms with E-state index in [1.165, 1.54) is 7.11 Å². The monoisotopic (exact) mass is 724 g/mol. The zero-order valence-corrected chi connectivity index (χ0v) is 30.5. The molecule has 2 N–H and O–H groups in total. The van der Waals surface area contributed by atoms with Gasteiger partial charge in [0.1, 0.15) is 17.7 Å². The number of methoxy groups -OCH3 is 1. The minimum atomic E-state index is -1.19. The average Bonchev–Trinajstić information content (AvgIpc) is 3.80. The highest BCUT2D eigenvalue weighted by Gasteiger charge is 2.75. The van der Waals surface area contributed by atoms with Gasteiger partial charge in [0, 0.05) is 59.4 Å². The smallest absolute Gasteiger partial charge is 0.313 e.